The van der Waals surface area contributed by atoms with Crippen molar-refractivity contribution in [1.29, 1.82) is 0 Å². The molecule has 1 aliphatic heterocycles. The maximum Gasteiger partial charge on any atom is 0.0615 e. The van der Waals surface area contributed by atoms with E-state index in [-0.39, 0.29) is 0 Å². The molecule has 0 aromatic heterocycles. The van der Waals surface area contributed by atoms with E-state index in [2.05, 4.69) is 30.6 Å². The molecule has 0 bridgehead atoms. The van der Waals surface area contributed by atoms with Crippen LogP contribution in [0.4, 0.5) is 0 Å². The fourth-order valence-electron chi connectivity index (χ4n) is 2.46. The Morgan fingerprint density at radius 3 is 2.59 bits per heavy atom. The Bertz CT molecular complexity index is 222. The fourth-order valence-corrected chi connectivity index (χ4v) is 2.46. The van der Waals surface area contributed by atoms with Crippen molar-refractivity contribution >= 4 is 0 Å². The molecule has 0 aromatic rings. The van der Waals surface area contributed by atoms with Crippen molar-refractivity contribution in [2.24, 2.45) is 0 Å². The van der Waals surface area contributed by atoms with Crippen LogP contribution in [0.2, 0.25) is 0 Å². The highest BCUT2D eigenvalue weighted by molar-refractivity contribution is 4.93. The monoisotopic (exact) mass is 240 g/mol. The summed E-state index contributed by atoms with van der Waals surface area (Å²) < 4.78 is 5.23. The second-order valence-corrected chi connectivity index (χ2v) is 5.23. The van der Waals surface area contributed by atoms with Crippen LogP contribution >= 0.6 is 0 Å². The fraction of sp³-hybridized carbons (Fsp3) is 0.857. The third-order valence-electron chi connectivity index (χ3n) is 3.41. The summed E-state index contributed by atoms with van der Waals surface area (Å²) in [4.78, 5) is 2.50. The van der Waals surface area contributed by atoms with Gasteiger partial charge in [-0.15, -0.1) is 0 Å². The van der Waals surface area contributed by atoms with E-state index in [0.717, 1.165) is 19.6 Å². The molecular weight excluding hydrogens is 212 g/mol. The van der Waals surface area contributed by atoms with Gasteiger partial charge < -0.3 is 10.1 Å². The molecule has 0 unspecified atom stereocenters. The molecule has 3 heteroatoms. The zero-order valence-corrected chi connectivity index (χ0v) is 11.7. The second-order valence-electron chi connectivity index (χ2n) is 5.23. The number of hydrogen-bond donors (Lipinski definition) is 1. The molecule has 1 atom stereocenters. The Hall–Kier alpha value is -0.380. The molecule has 1 fully saturated rings. The Kier molecular flexibility index (Phi) is 6.78. The third kappa shape index (κ3) is 5.66. The summed E-state index contributed by atoms with van der Waals surface area (Å²) in [5, 5.41) is 3.71. The highest BCUT2D eigenvalue weighted by Crippen LogP contribution is 2.12. The van der Waals surface area contributed by atoms with Crippen molar-refractivity contribution in [2.75, 3.05) is 33.4 Å². The van der Waals surface area contributed by atoms with Gasteiger partial charge in [0.2, 0.25) is 0 Å². The van der Waals surface area contributed by atoms with Gasteiger partial charge in [0.15, 0.2) is 0 Å². The van der Waals surface area contributed by atoms with E-state index in [4.69, 9.17) is 4.74 Å². The van der Waals surface area contributed by atoms with Crippen molar-refractivity contribution < 1.29 is 4.74 Å². The molecule has 1 aliphatic rings. The lowest BCUT2D eigenvalue weighted by Crippen LogP contribution is -2.47. The quantitative estimate of drug-likeness (QED) is 0.689. The number of nitrogens with one attached hydrogen (secondary N) is 1. The van der Waals surface area contributed by atoms with Crippen LogP contribution in [0.3, 0.4) is 0 Å². The largest absolute Gasteiger partial charge is 0.383 e. The molecule has 0 radical (unpaired) electrons. The Balaban J connectivity index is 2.24. The minimum Gasteiger partial charge on any atom is -0.383 e. The molecular formula is C14H28N2O. The first-order chi connectivity index (χ1) is 8.15. The number of nitrogens with zero attached hydrogens (tertiary/aromatic N) is 1. The van der Waals surface area contributed by atoms with Gasteiger partial charge in [0.1, 0.15) is 0 Å². The van der Waals surface area contributed by atoms with Gasteiger partial charge in [-0.05, 0) is 39.3 Å². The number of piperidine rings is 1. The van der Waals surface area contributed by atoms with Gasteiger partial charge in [-0.1, -0.05) is 19.1 Å². The topological polar surface area (TPSA) is 24.5 Å². The lowest BCUT2D eigenvalue weighted by atomic mass is 10.0. The Labute approximate surface area is 106 Å². The smallest absolute Gasteiger partial charge is 0.0615 e. The first-order valence-corrected chi connectivity index (χ1v) is 6.77. The van der Waals surface area contributed by atoms with Gasteiger partial charge in [-0.2, -0.15) is 0 Å². The second kappa shape index (κ2) is 7.85. The predicted molar refractivity (Wildman–Crippen MR) is 73.4 cm³/mol. The molecule has 3 nitrogen and oxygen atoms in total. The molecule has 0 saturated carbocycles. The molecule has 0 spiro atoms. The van der Waals surface area contributed by atoms with Gasteiger partial charge in [-0.3, -0.25) is 4.90 Å². The first-order valence-electron chi connectivity index (χ1n) is 6.77. The van der Waals surface area contributed by atoms with Crippen molar-refractivity contribution in [1.82, 2.24) is 10.2 Å². The molecule has 0 amide bonds. The summed E-state index contributed by atoms with van der Waals surface area (Å²) in [6, 6.07) is 1.18. The van der Waals surface area contributed by atoms with Crippen LogP contribution in [0.25, 0.3) is 0 Å². The maximum atomic E-state index is 5.23. The summed E-state index contributed by atoms with van der Waals surface area (Å²) in [7, 11) is 1.78. The van der Waals surface area contributed by atoms with E-state index in [9.17, 15) is 0 Å². The zero-order chi connectivity index (χ0) is 12.7. The highest BCUT2D eigenvalue weighted by Gasteiger charge is 2.20. The Morgan fingerprint density at radius 1 is 1.47 bits per heavy atom. The van der Waals surface area contributed by atoms with E-state index in [0.29, 0.717) is 12.1 Å². The predicted octanol–water partition coefficient (Wildman–Crippen LogP) is 2.04. The summed E-state index contributed by atoms with van der Waals surface area (Å²) in [5.74, 6) is 0. The molecule has 1 heterocycles. The van der Waals surface area contributed by atoms with Crippen LogP contribution in [-0.2, 0) is 4.74 Å². The van der Waals surface area contributed by atoms with Crippen molar-refractivity contribution in [3.05, 3.63) is 12.2 Å². The van der Waals surface area contributed by atoms with Crippen LogP contribution in [0, 0.1) is 0 Å². The van der Waals surface area contributed by atoms with E-state index in [1.54, 1.807) is 7.11 Å². The van der Waals surface area contributed by atoms with Crippen molar-refractivity contribution in [3.8, 4) is 0 Å². The van der Waals surface area contributed by atoms with Crippen molar-refractivity contribution in [3.63, 3.8) is 0 Å². The van der Waals surface area contributed by atoms with E-state index in [1.807, 2.05) is 0 Å². The van der Waals surface area contributed by atoms with E-state index in [1.165, 1.54) is 31.5 Å². The average Bonchev–Trinajstić information content (AvgIpc) is 2.30. The average molecular weight is 240 g/mol. The van der Waals surface area contributed by atoms with Crippen LogP contribution in [0.1, 0.15) is 33.1 Å². The van der Waals surface area contributed by atoms with Crippen LogP contribution in [-0.4, -0.2) is 50.3 Å². The molecule has 1 saturated heterocycles. The number of likely N-dealkylation sites (tertiary alicyclic amines) is 1. The molecule has 1 N–H and O–H groups in total. The summed E-state index contributed by atoms with van der Waals surface area (Å²) >= 11 is 0. The van der Waals surface area contributed by atoms with Crippen LogP contribution < -0.4 is 5.32 Å². The van der Waals surface area contributed by atoms with Crippen LogP contribution in [0.5, 0.6) is 0 Å². The first kappa shape index (κ1) is 14.7. The standard InChI is InChI=1S/C14H28N2O/c1-5-13(11-17-4)15-14-6-8-16(9-7-14)10-12(2)3/h13-15H,2,5-11H2,1,3-4H3/t13-/m1/s1. The molecule has 0 aromatic carbocycles. The van der Waals surface area contributed by atoms with Gasteiger partial charge >= 0.3 is 0 Å². The normalized spacial score (nSPS) is 20.4. The van der Waals surface area contributed by atoms with Gasteiger partial charge in [-0.25, -0.2) is 0 Å². The number of rotatable bonds is 7. The summed E-state index contributed by atoms with van der Waals surface area (Å²) in [6.45, 7) is 12.6. The van der Waals surface area contributed by atoms with E-state index < -0.39 is 0 Å². The zero-order valence-electron chi connectivity index (χ0n) is 11.7. The van der Waals surface area contributed by atoms with Gasteiger partial charge in [0, 0.05) is 25.7 Å². The lowest BCUT2D eigenvalue weighted by Gasteiger charge is -2.34. The molecule has 0 aliphatic carbocycles. The van der Waals surface area contributed by atoms with E-state index >= 15 is 0 Å². The number of ether oxygens (including phenoxy) is 1. The SMILES string of the molecule is C=C(C)CN1CCC(N[C@H](CC)COC)CC1. The summed E-state index contributed by atoms with van der Waals surface area (Å²) in [5.41, 5.74) is 1.27. The molecule has 17 heavy (non-hydrogen) atoms. The van der Waals surface area contributed by atoms with Crippen LogP contribution in [0.15, 0.2) is 12.2 Å². The summed E-state index contributed by atoms with van der Waals surface area (Å²) in [6.07, 6.45) is 3.63. The maximum absolute atomic E-state index is 5.23. The lowest BCUT2D eigenvalue weighted by molar-refractivity contribution is 0.142. The highest BCUT2D eigenvalue weighted by atomic mass is 16.5. The van der Waals surface area contributed by atoms with Crippen molar-refractivity contribution in [2.45, 2.75) is 45.2 Å². The minimum absolute atomic E-state index is 0.512. The molecule has 1 rings (SSSR count). The molecule has 100 valence electrons. The minimum atomic E-state index is 0.512. The third-order valence-corrected chi connectivity index (χ3v) is 3.41. The number of methoxy groups -OCH3 is 1. The van der Waals surface area contributed by atoms with Gasteiger partial charge in [0.05, 0.1) is 6.61 Å². The number of hydrogen-bond acceptors (Lipinski definition) is 3. The Morgan fingerprint density at radius 2 is 2.12 bits per heavy atom. The van der Waals surface area contributed by atoms with Gasteiger partial charge in [0.25, 0.3) is 0 Å².